The van der Waals surface area contributed by atoms with Gasteiger partial charge in [-0.25, -0.2) is 18.3 Å². The molecule has 0 fully saturated rings. The van der Waals surface area contributed by atoms with Crippen molar-refractivity contribution in [3.05, 3.63) is 72.1 Å². The summed E-state index contributed by atoms with van der Waals surface area (Å²) in [6, 6.07) is 10.8. The number of alkyl carbamates (subject to hydrolysis) is 1. The van der Waals surface area contributed by atoms with Gasteiger partial charge in [-0.2, -0.15) is 5.10 Å². The fourth-order valence-corrected chi connectivity index (χ4v) is 2.62. The summed E-state index contributed by atoms with van der Waals surface area (Å²) in [7, 11) is 0. The lowest BCUT2D eigenvalue weighted by Crippen LogP contribution is -2.32. The molecule has 0 spiro atoms. The van der Waals surface area contributed by atoms with Crippen LogP contribution in [0.5, 0.6) is 0 Å². The molecule has 146 valence electrons. The maximum absolute atomic E-state index is 14.9. The Kier molecular flexibility index (Phi) is 5.44. The predicted molar refractivity (Wildman–Crippen MR) is 102 cm³/mol. The molecule has 2 aromatic carbocycles. The van der Waals surface area contributed by atoms with Crippen molar-refractivity contribution >= 4 is 6.09 Å². The third-order valence-corrected chi connectivity index (χ3v) is 3.89. The lowest BCUT2D eigenvalue weighted by molar-refractivity contribution is 0.0523. The molecule has 3 rings (SSSR count). The number of hydrogen-bond donors (Lipinski definition) is 1. The highest BCUT2D eigenvalue weighted by atomic mass is 19.1. The van der Waals surface area contributed by atoms with Crippen LogP contribution in [-0.2, 0) is 11.3 Å². The third kappa shape index (κ3) is 4.73. The minimum absolute atomic E-state index is 0.000680. The number of nitrogens with one attached hydrogen (secondary N) is 1. The third-order valence-electron chi connectivity index (χ3n) is 3.89. The summed E-state index contributed by atoms with van der Waals surface area (Å²) in [6.07, 6.45) is 2.59. The second-order valence-corrected chi connectivity index (χ2v) is 7.28. The molecule has 0 aliphatic carbocycles. The number of carbonyl (C=O) groups is 1. The number of nitrogens with zero attached hydrogens (tertiary/aromatic N) is 2. The summed E-state index contributed by atoms with van der Waals surface area (Å²) >= 11 is 0. The van der Waals surface area contributed by atoms with Crippen LogP contribution in [0.4, 0.5) is 13.6 Å². The average Bonchev–Trinajstić information content (AvgIpc) is 3.10. The van der Waals surface area contributed by atoms with Crippen LogP contribution < -0.4 is 5.32 Å². The van der Waals surface area contributed by atoms with E-state index in [1.54, 1.807) is 62.0 Å². The van der Waals surface area contributed by atoms with Gasteiger partial charge in [-0.15, -0.1) is 0 Å². The molecule has 5 nitrogen and oxygen atoms in total. The van der Waals surface area contributed by atoms with E-state index in [0.29, 0.717) is 22.4 Å². The smallest absolute Gasteiger partial charge is 0.407 e. The monoisotopic (exact) mass is 385 g/mol. The van der Waals surface area contributed by atoms with E-state index >= 15 is 0 Å². The topological polar surface area (TPSA) is 56.1 Å². The summed E-state index contributed by atoms with van der Waals surface area (Å²) < 4.78 is 34.7. The van der Waals surface area contributed by atoms with Crippen molar-refractivity contribution in [1.82, 2.24) is 15.1 Å². The van der Waals surface area contributed by atoms with Crippen molar-refractivity contribution in [2.45, 2.75) is 32.9 Å². The maximum atomic E-state index is 14.9. The first-order valence-corrected chi connectivity index (χ1v) is 8.78. The number of rotatable bonds is 4. The Morgan fingerprint density at radius 1 is 1.14 bits per heavy atom. The van der Waals surface area contributed by atoms with Crippen molar-refractivity contribution in [2.75, 3.05) is 0 Å². The normalized spacial score (nSPS) is 11.3. The molecule has 0 aliphatic rings. The number of carbonyl (C=O) groups excluding carboxylic acids is 1. The molecule has 0 saturated heterocycles. The lowest BCUT2D eigenvalue weighted by atomic mass is 10.0. The van der Waals surface area contributed by atoms with Gasteiger partial charge in [0, 0.05) is 29.4 Å². The minimum Gasteiger partial charge on any atom is -0.444 e. The molecule has 0 aliphatic heterocycles. The highest BCUT2D eigenvalue weighted by Crippen LogP contribution is 2.25. The van der Waals surface area contributed by atoms with Crippen molar-refractivity contribution in [3.8, 4) is 16.8 Å². The van der Waals surface area contributed by atoms with E-state index in [1.807, 2.05) is 0 Å². The zero-order valence-corrected chi connectivity index (χ0v) is 15.9. The van der Waals surface area contributed by atoms with Gasteiger partial charge >= 0.3 is 6.09 Å². The van der Waals surface area contributed by atoms with Crippen LogP contribution in [0.3, 0.4) is 0 Å². The standard InChI is InChI=1S/C21H21F2N3O2/c1-21(2,3)28-20(27)24-11-14-5-4-6-18(19(14)23)15-12-25-26(13-15)17-9-7-16(22)8-10-17/h4-10,12-13H,11H2,1-3H3,(H,24,27). The van der Waals surface area contributed by atoms with E-state index in [9.17, 15) is 13.6 Å². The van der Waals surface area contributed by atoms with Crippen LogP contribution in [0.1, 0.15) is 26.3 Å². The SMILES string of the molecule is CC(C)(C)OC(=O)NCc1cccc(-c2cnn(-c3ccc(F)cc3)c2)c1F. The first-order chi connectivity index (χ1) is 13.2. The van der Waals surface area contributed by atoms with Crippen LogP contribution >= 0.6 is 0 Å². The highest BCUT2D eigenvalue weighted by Gasteiger charge is 2.17. The van der Waals surface area contributed by atoms with Crippen LogP contribution in [0.2, 0.25) is 0 Å². The molecule has 1 amide bonds. The average molecular weight is 385 g/mol. The Balaban J connectivity index is 1.78. The molecule has 0 radical (unpaired) electrons. The summed E-state index contributed by atoms with van der Waals surface area (Å²) in [5, 5.41) is 6.77. The fraction of sp³-hybridized carbons (Fsp3) is 0.238. The summed E-state index contributed by atoms with van der Waals surface area (Å²) in [6.45, 7) is 5.27. The minimum atomic E-state index is -0.626. The van der Waals surface area contributed by atoms with Crippen LogP contribution in [0, 0.1) is 11.6 Å². The largest absolute Gasteiger partial charge is 0.444 e. The predicted octanol–water partition coefficient (Wildman–Crippen LogP) is 4.84. The number of ether oxygens (including phenoxy) is 1. The molecule has 28 heavy (non-hydrogen) atoms. The molecular weight excluding hydrogens is 364 g/mol. The van der Waals surface area contributed by atoms with Crippen molar-refractivity contribution in [1.29, 1.82) is 0 Å². The molecular formula is C21H21F2N3O2. The first kappa shape index (κ1) is 19.5. The van der Waals surface area contributed by atoms with E-state index in [-0.39, 0.29) is 12.4 Å². The van der Waals surface area contributed by atoms with Gasteiger partial charge in [0.2, 0.25) is 0 Å². The summed E-state index contributed by atoms with van der Waals surface area (Å²) in [5.74, 6) is -0.787. The number of benzene rings is 2. The second kappa shape index (κ2) is 7.80. The molecule has 1 aromatic heterocycles. The molecule has 0 unspecified atom stereocenters. The maximum Gasteiger partial charge on any atom is 0.407 e. The van der Waals surface area contributed by atoms with E-state index in [4.69, 9.17) is 4.74 Å². The molecule has 0 bridgehead atoms. The van der Waals surface area contributed by atoms with Gasteiger partial charge < -0.3 is 10.1 Å². The van der Waals surface area contributed by atoms with Gasteiger partial charge in [-0.3, -0.25) is 0 Å². The number of aromatic nitrogens is 2. The van der Waals surface area contributed by atoms with Crippen molar-refractivity contribution in [2.24, 2.45) is 0 Å². The molecule has 0 atom stereocenters. The van der Waals surface area contributed by atoms with Crippen LogP contribution in [0.25, 0.3) is 16.8 Å². The van der Waals surface area contributed by atoms with Crippen molar-refractivity contribution < 1.29 is 18.3 Å². The van der Waals surface area contributed by atoms with E-state index in [2.05, 4.69) is 10.4 Å². The lowest BCUT2D eigenvalue weighted by Gasteiger charge is -2.19. The van der Waals surface area contributed by atoms with E-state index in [1.165, 1.54) is 18.3 Å². The second-order valence-electron chi connectivity index (χ2n) is 7.28. The van der Waals surface area contributed by atoms with Gasteiger partial charge in [-0.05, 0) is 45.0 Å². The number of amides is 1. The van der Waals surface area contributed by atoms with E-state index < -0.39 is 17.5 Å². The van der Waals surface area contributed by atoms with Gasteiger partial charge in [0.05, 0.1) is 11.9 Å². The highest BCUT2D eigenvalue weighted by molar-refractivity contribution is 5.68. The molecule has 7 heteroatoms. The van der Waals surface area contributed by atoms with Crippen LogP contribution in [0.15, 0.2) is 54.9 Å². The van der Waals surface area contributed by atoms with E-state index in [0.717, 1.165) is 0 Å². The Bertz CT molecular complexity index is 976. The van der Waals surface area contributed by atoms with Crippen molar-refractivity contribution in [3.63, 3.8) is 0 Å². The van der Waals surface area contributed by atoms with Gasteiger partial charge in [0.25, 0.3) is 0 Å². The Hall–Kier alpha value is -3.22. The summed E-state index contributed by atoms with van der Waals surface area (Å²) in [5.41, 5.74) is 1.30. The van der Waals surface area contributed by atoms with Crippen LogP contribution in [-0.4, -0.2) is 21.5 Å². The Morgan fingerprint density at radius 2 is 1.86 bits per heavy atom. The summed E-state index contributed by atoms with van der Waals surface area (Å²) in [4.78, 5) is 11.8. The van der Waals surface area contributed by atoms with Gasteiger partial charge in [0.1, 0.15) is 17.2 Å². The molecule has 1 N–H and O–H groups in total. The first-order valence-electron chi connectivity index (χ1n) is 8.78. The zero-order valence-electron chi connectivity index (χ0n) is 15.9. The molecule has 1 heterocycles. The van der Waals surface area contributed by atoms with Gasteiger partial charge in [-0.1, -0.05) is 18.2 Å². The Labute approximate surface area is 161 Å². The molecule has 0 saturated carbocycles. The quantitative estimate of drug-likeness (QED) is 0.699. The van der Waals surface area contributed by atoms with Gasteiger partial charge in [0.15, 0.2) is 0 Å². The zero-order chi connectivity index (χ0) is 20.3. The number of hydrogen-bond acceptors (Lipinski definition) is 3. The number of halogens is 2. The fourth-order valence-electron chi connectivity index (χ4n) is 2.62. The molecule has 3 aromatic rings. The Morgan fingerprint density at radius 3 is 2.54 bits per heavy atom.